The first-order chi connectivity index (χ1) is 14.5. The molecule has 31 heavy (non-hydrogen) atoms. The van der Waals surface area contributed by atoms with Crippen molar-refractivity contribution in [1.82, 2.24) is 4.90 Å². The number of hydrogen-bond acceptors (Lipinski definition) is 4. The molecule has 0 aromatic heterocycles. The van der Waals surface area contributed by atoms with Gasteiger partial charge < -0.3 is 15.0 Å². The number of nitrogens with zero attached hydrogens (tertiary/aromatic N) is 1. The number of anilines is 1. The first-order valence-electron chi connectivity index (χ1n) is 9.61. The number of nitrogens with one attached hydrogen (secondary N) is 1. The smallest absolute Gasteiger partial charge is 0.445 e. The summed E-state index contributed by atoms with van der Waals surface area (Å²) in [6.45, 7) is 2.56. The van der Waals surface area contributed by atoms with Gasteiger partial charge in [-0.15, -0.1) is 0 Å². The van der Waals surface area contributed by atoms with Gasteiger partial charge in [0.25, 0.3) is 5.91 Å². The van der Waals surface area contributed by atoms with E-state index in [0.717, 1.165) is 0 Å². The van der Waals surface area contributed by atoms with Crippen LogP contribution in [-0.4, -0.2) is 41.0 Å². The molecule has 1 unspecified atom stereocenters. The summed E-state index contributed by atoms with van der Waals surface area (Å²) >= 11 is 0. The number of benzene rings is 2. The molecule has 0 spiro atoms. The highest BCUT2D eigenvalue weighted by Gasteiger charge is 2.43. The Morgan fingerprint density at radius 2 is 1.87 bits per heavy atom. The lowest BCUT2D eigenvalue weighted by molar-refractivity contribution is -0.185. The molecule has 0 bridgehead atoms. The van der Waals surface area contributed by atoms with Crippen molar-refractivity contribution in [3.63, 3.8) is 0 Å². The summed E-state index contributed by atoms with van der Waals surface area (Å²) in [7, 11) is 0. The van der Waals surface area contributed by atoms with E-state index in [1.54, 1.807) is 42.5 Å². The van der Waals surface area contributed by atoms with Crippen molar-refractivity contribution in [2.24, 2.45) is 0 Å². The van der Waals surface area contributed by atoms with E-state index in [0.29, 0.717) is 27.3 Å². The highest BCUT2D eigenvalue weighted by molar-refractivity contribution is 6.02. The summed E-state index contributed by atoms with van der Waals surface area (Å²) in [5, 5.41) is 2.65. The van der Waals surface area contributed by atoms with Crippen LogP contribution in [0.15, 0.2) is 48.5 Å². The second kappa shape index (κ2) is 8.41. The van der Waals surface area contributed by atoms with E-state index >= 15 is 0 Å². The zero-order valence-corrected chi connectivity index (χ0v) is 17.0. The molecule has 1 atom stereocenters. The van der Waals surface area contributed by atoms with Crippen LogP contribution < -0.4 is 5.32 Å². The van der Waals surface area contributed by atoms with Gasteiger partial charge in [0.05, 0.1) is 5.56 Å². The van der Waals surface area contributed by atoms with Crippen LogP contribution in [-0.2, 0) is 27.3 Å². The van der Waals surface area contributed by atoms with Crippen LogP contribution in [0.2, 0.25) is 0 Å². The van der Waals surface area contributed by atoms with Crippen molar-refractivity contribution in [2.75, 3.05) is 11.9 Å². The van der Waals surface area contributed by atoms with Crippen LogP contribution >= 0.6 is 0 Å². The fourth-order valence-electron chi connectivity index (χ4n) is 3.40. The molecule has 6 nitrogen and oxygen atoms in total. The molecular weight excluding hydrogens is 413 g/mol. The summed E-state index contributed by atoms with van der Waals surface area (Å²) < 4.78 is 43.6. The number of halogens is 3. The molecule has 164 valence electrons. The molecule has 1 aliphatic rings. The Morgan fingerprint density at radius 3 is 2.55 bits per heavy atom. The van der Waals surface area contributed by atoms with Gasteiger partial charge >= 0.3 is 18.1 Å². The number of cyclic esters (lactones) is 1. The number of carbonyl (C=O) groups is 3. The van der Waals surface area contributed by atoms with E-state index in [4.69, 9.17) is 4.74 Å². The third kappa shape index (κ3) is 4.87. The highest BCUT2D eigenvalue weighted by Crippen LogP contribution is 2.29. The normalized spacial score (nSPS) is 18.0. The van der Waals surface area contributed by atoms with Crippen molar-refractivity contribution >= 4 is 23.5 Å². The van der Waals surface area contributed by atoms with Gasteiger partial charge in [-0.3, -0.25) is 9.59 Å². The Labute approximate surface area is 177 Å². The van der Waals surface area contributed by atoms with Crippen molar-refractivity contribution in [3.05, 3.63) is 65.2 Å². The van der Waals surface area contributed by atoms with Gasteiger partial charge in [0.1, 0.15) is 0 Å². The van der Waals surface area contributed by atoms with Crippen LogP contribution in [0.5, 0.6) is 0 Å². The second-order valence-electron chi connectivity index (χ2n) is 7.43. The number of carbonyl (C=O) groups excluding carboxylic acids is 3. The zero-order chi connectivity index (χ0) is 22.8. The number of esters is 1. The fourth-order valence-corrected chi connectivity index (χ4v) is 3.40. The van der Waals surface area contributed by atoms with Gasteiger partial charge in [0.2, 0.25) is 0 Å². The number of hydrogen-bond donors (Lipinski definition) is 1. The van der Waals surface area contributed by atoms with E-state index < -0.39 is 29.6 Å². The van der Waals surface area contributed by atoms with Crippen LogP contribution in [0.1, 0.15) is 35.3 Å². The largest absolute Gasteiger partial charge is 0.471 e. The summed E-state index contributed by atoms with van der Waals surface area (Å²) in [5.74, 6) is -3.09. The molecule has 2 aromatic rings. The first-order valence-corrected chi connectivity index (χ1v) is 9.61. The lowest BCUT2D eigenvalue weighted by atomic mass is 9.89. The minimum atomic E-state index is -4.96. The lowest BCUT2D eigenvalue weighted by Gasteiger charge is -2.33. The van der Waals surface area contributed by atoms with Gasteiger partial charge in [0.15, 0.2) is 5.60 Å². The molecule has 9 heteroatoms. The molecule has 1 aliphatic heterocycles. The molecule has 0 fully saturated rings. The van der Waals surface area contributed by atoms with E-state index in [1.807, 2.05) is 0 Å². The summed E-state index contributed by atoms with van der Waals surface area (Å²) in [5.41, 5.74) is 0.379. The van der Waals surface area contributed by atoms with Gasteiger partial charge in [-0.05, 0) is 43.2 Å². The molecule has 1 N–H and O–H groups in total. The number of ether oxygens (including phenoxy) is 1. The van der Waals surface area contributed by atoms with Crippen molar-refractivity contribution in [1.29, 1.82) is 0 Å². The van der Waals surface area contributed by atoms with Gasteiger partial charge in [-0.1, -0.05) is 30.3 Å². The topological polar surface area (TPSA) is 75.7 Å². The van der Waals surface area contributed by atoms with E-state index in [9.17, 15) is 27.6 Å². The van der Waals surface area contributed by atoms with Crippen LogP contribution in [0.4, 0.5) is 18.9 Å². The number of fused-ring (bicyclic) bond motifs is 1. The molecule has 2 aromatic carbocycles. The monoisotopic (exact) mass is 434 g/mol. The summed E-state index contributed by atoms with van der Waals surface area (Å²) in [4.78, 5) is 37.3. The van der Waals surface area contributed by atoms with E-state index in [1.165, 1.54) is 19.9 Å². The maximum atomic E-state index is 12.9. The maximum absolute atomic E-state index is 12.9. The van der Waals surface area contributed by atoms with Gasteiger partial charge in [-0.2, -0.15) is 13.2 Å². The standard InChI is InChI=1S/C22H21F3N2O4/c1-3-27(20(30)22(23,24)25)13-14-7-6-9-16(11-14)26-19(29)21(2)12-15-8-4-5-10-17(15)18(28)31-21/h4-11H,3,12-13H2,1-2H3,(H,26,29). The first kappa shape index (κ1) is 22.3. The van der Waals surface area contributed by atoms with Crippen molar-refractivity contribution in [2.45, 2.75) is 38.6 Å². The van der Waals surface area contributed by atoms with Crippen molar-refractivity contribution < 1.29 is 32.3 Å². The Kier molecular flexibility index (Phi) is 6.06. The predicted octanol–water partition coefficient (Wildman–Crippen LogP) is 3.71. The number of rotatable bonds is 5. The Hall–Kier alpha value is -3.36. The minimum Gasteiger partial charge on any atom is -0.445 e. The van der Waals surface area contributed by atoms with E-state index in [2.05, 4.69) is 5.32 Å². The number of alkyl halides is 3. The summed E-state index contributed by atoms with van der Waals surface area (Å²) in [6.07, 6.45) is -4.78. The molecule has 1 heterocycles. The maximum Gasteiger partial charge on any atom is 0.471 e. The average molecular weight is 434 g/mol. The lowest BCUT2D eigenvalue weighted by Crippen LogP contribution is -2.48. The zero-order valence-electron chi connectivity index (χ0n) is 17.0. The molecular formula is C22H21F3N2O4. The Bertz CT molecular complexity index is 1020. The minimum absolute atomic E-state index is 0.123. The van der Waals surface area contributed by atoms with Crippen molar-refractivity contribution in [3.8, 4) is 0 Å². The third-order valence-electron chi connectivity index (χ3n) is 5.03. The van der Waals surface area contributed by atoms with Crippen LogP contribution in [0.3, 0.4) is 0 Å². The fraction of sp³-hybridized carbons (Fsp3) is 0.318. The molecule has 0 radical (unpaired) electrons. The summed E-state index contributed by atoms with van der Waals surface area (Å²) in [6, 6.07) is 13.0. The van der Waals surface area contributed by atoms with Gasteiger partial charge in [-0.25, -0.2) is 4.79 Å². The molecule has 0 saturated carbocycles. The number of amides is 2. The second-order valence-corrected chi connectivity index (χ2v) is 7.43. The molecule has 3 rings (SSSR count). The molecule has 0 saturated heterocycles. The quantitative estimate of drug-likeness (QED) is 0.728. The molecule has 0 aliphatic carbocycles. The highest BCUT2D eigenvalue weighted by atomic mass is 19.4. The Balaban J connectivity index is 1.74. The van der Waals surface area contributed by atoms with Crippen LogP contribution in [0.25, 0.3) is 0 Å². The van der Waals surface area contributed by atoms with E-state index in [-0.39, 0.29) is 19.5 Å². The third-order valence-corrected chi connectivity index (χ3v) is 5.03. The predicted molar refractivity (Wildman–Crippen MR) is 106 cm³/mol. The average Bonchev–Trinajstić information content (AvgIpc) is 2.71. The molecule has 2 amide bonds. The SMILES string of the molecule is CCN(Cc1cccc(NC(=O)C2(C)Cc3ccccc3C(=O)O2)c1)C(=O)C(F)(F)F. The van der Waals surface area contributed by atoms with Crippen LogP contribution in [0, 0.1) is 0 Å². The Morgan fingerprint density at radius 1 is 1.16 bits per heavy atom. The van der Waals surface area contributed by atoms with Gasteiger partial charge in [0, 0.05) is 25.2 Å².